The summed E-state index contributed by atoms with van der Waals surface area (Å²) in [5, 5.41) is 2.62. The van der Waals surface area contributed by atoms with Crippen LogP contribution in [0.4, 0.5) is 10.8 Å². The molecule has 2 heterocycles. The molecule has 0 fully saturated rings. The number of hydrogen-bond acceptors (Lipinski definition) is 5. The first-order valence-electron chi connectivity index (χ1n) is 8.39. The molecule has 132 valence electrons. The molecule has 1 aliphatic rings. The number of benzene rings is 2. The molecule has 4 rings (SSSR count). The Balaban J connectivity index is 1.63. The van der Waals surface area contributed by atoms with E-state index in [1.807, 2.05) is 60.8 Å². The third kappa shape index (κ3) is 3.41. The summed E-state index contributed by atoms with van der Waals surface area (Å²) < 4.78 is 11.2. The lowest BCUT2D eigenvalue weighted by Gasteiger charge is -2.21. The van der Waals surface area contributed by atoms with Gasteiger partial charge in [-0.25, -0.2) is 4.98 Å². The molecular formula is C20H18N2O3S. The summed E-state index contributed by atoms with van der Waals surface area (Å²) in [6.07, 6.45) is 0.254. The van der Waals surface area contributed by atoms with Crippen molar-refractivity contribution < 1.29 is 14.3 Å². The standard InChI is InChI=1S/C20H18N2O3S/c1-14-13-26-20(21-14)22(16-5-3-2-4-6-16)19(23)12-15-7-8-17-18(11-15)25-10-9-24-17/h2-8,11,13H,9-10,12H2,1H3. The van der Waals surface area contributed by atoms with E-state index in [0.29, 0.717) is 24.1 Å². The van der Waals surface area contributed by atoms with Crippen LogP contribution in [0.1, 0.15) is 11.3 Å². The van der Waals surface area contributed by atoms with Crippen molar-refractivity contribution in [3.8, 4) is 11.5 Å². The quantitative estimate of drug-likeness (QED) is 0.697. The Morgan fingerprint density at radius 2 is 1.88 bits per heavy atom. The fourth-order valence-corrected chi connectivity index (χ4v) is 3.67. The van der Waals surface area contributed by atoms with E-state index in [4.69, 9.17) is 9.47 Å². The van der Waals surface area contributed by atoms with Gasteiger partial charge in [0.15, 0.2) is 16.6 Å². The van der Waals surface area contributed by atoms with E-state index >= 15 is 0 Å². The highest BCUT2D eigenvalue weighted by atomic mass is 32.1. The van der Waals surface area contributed by atoms with Crippen molar-refractivity contribution in [1.82, 2.24) is 4.98 Å². The van der Waals surface area contributed by atoms with E-state index in [9.17, 15) is 4.79 Å². The molecule has 0 saturated heterocycles. The van der Waals surface area contributed by atoms with Crippen molar-refractivity contribution in [2.45, 2.75) is 13.3 Å². The predicted molar refractivity (Wildman–Crippen MR) is 102 cm³/mol. The second-order valence-electron chi connectivity index (χ2n) is 5.99. The van der Waals surface area contributed by atoms with Crippen molar-refractivity contribution in [2.24, 2.45) is 0 Å². The lowest BCUT2D eigenvalue weighted by Crippen LogP contribution is -2.27. The summed E-state index contributed by atoms with van der Waals surface area (Å²) in [7, 11) is 0. The van der Waals surface area contributed by atoms with Gasteiger partial charge in [0.1, 0.15) is 13.2 Å². The van der Waals surface area contributed by atoms with Crippen LogP contribution in [0.2, 0.25) is 0 Å². The van der Waals surface area contributed by atoms with Gasteiger partial charge in [-0.2, -0.15) is 0 Å². The van der Waals surface area contributed by atoms with Crippen LogP contribution >= 0.6 is 11.3 Å². The zero-order chi connectivity index (χ0) is 17.9. The third-order valence-corrected chi connectivity index (χ3v) is 4.97. The number of aryl methyl sites for hydroxylation is 1. The zero-order valence-corrected chi connectivity index (χ0v) is 15.2. The van der Waals surface area contributed by atoms with Crippen LogP contribution in [0.5, 0.6) is 11.5 Å². The lowest BCUT2D eigenvalue weighted by molar-refractivity contribution is -0.117. The summed E-state index contributed by atoms with van der Waals surface area (Å²) in [5.41, 5.74) is 2.59. The van der Waals surface area contributed by atoms with Crippen LogP contribution < -0.4 is 14.4 Å². The average molecular weight is 366 g/mol. The van der Waals surface area contributed by atoms with Crippen LogP contribution in [0, 0.1) is 6.92 Å². The SMILES string of the molecule is Cc1csc(N(C(=O)Cc2ccc3c(c2)OCCO3)c2ccccc2)n1. The van der Waals surface area contributed by atoms with Gasteiger partial charge in [-0.05, 0) is 36.8 Å². The van der Waals surface area contributed by atoms with Crippen LogP contribution in [-0.4, -0.2) is 24.1 Å². The zero-order valence-electron chi connectivity index (χ0n) is 14.3. The van der Waals surface area contributed by atoms with Crippen LogP contribution in [0.15, 0.2) is 53.9 Å². The number of rotatable bonds is 4. The Kier molecular flexibility index (Phi) is 4.58. The van der Waals surface area contributed by atoms with E-state index in [1.54, 1.807) is 4.90 Å². The Hall–Kier alpha value is -2.86. The molecule has 1 aromatic heterocycles. The second-order valence-corrected chi connectivity index (χ2v) is 6.83. The Morgan fingerprint density at radius 3 is 2.62 bits per heavy atom. The molecule has 0 spiro atoms. The van der Waals surface area contributed by atoms with Gasteiger partial charge in [-0.15, -0.1) is 11.3 Å². The second kappa shape index (κ2) is 7.17. The minimum Gasteiger partial charge on any atom is -0.486 e. The minimum atomic E-state index is -0.0396. The molecule has 1 amide bonds. The number of hydrogen-bond donors (Lipinski definition) is 0. The van der Waals surface area contributed by atoms with E-state index in [1.165, 1.54) is 11.3 Å². The van der Waals surface area contributed by atoms with Gasteiger partial charge >= 0.3 is 0 Å². The average Bonchev–Trinajstić information content (AvgIpc) is 3.08. The number of fused-ring (bicyclic) bond motifs is 1. The molecule has 0 atom stereocenters. The number of anilines is 2. The van der Waals surface area contributed by atoms with Crippen molar-refractivity contribution in [3.05, 3.63) is 65.2 Å². The maximum atomic E-state index is 13.1. The monoisotopic (exact) mass is 366 g/mol. The molecule has 3 aromatic rings. The number of thiazole rings is 1. The first-order chi connectivity index (χ1) is 12.7. The van der Waals surface area contributed by atoms with Gasteiger partial charge in [0.2, 0.25) is 5.91 Å². The van der Waals surface area contributed by atoms with Crippen LogP contribution in [0.3, 0.4) is 0 Å². The molecule has 26 heavy (non-hydrogen) atoms. The van der Waals surface area contributed by atoms with Crippen molar-refractivity contribution >= 4 is 28.1 Å². The molecule has 2 aromatic carbocycles. The smallest absolute Gasteiger partial charge is 0.237 e. The molecule has 0 N–H and O–H groups in total. The largest absolute Gasteiger partial charge is 0.486 e. The van der Waals surface area contributed by atoms with Gasteiger partial charge in [0, 0.05) is 5.38 Å². The lowest BCUT2D eigenvalue weighted by atomic mass is 10.1. The van der Waals surface area contributed by atoms with E-state index in [-0.39, 0.29) is 12.3 Å². The molecule has 1 aliphatic heterocycles. The number of carbonyl (C=O) groups excluding carboxylic acids is 1. The van der Waals surface area contributed by atoms with Crippen LogP contribution in [0.25, 0.3) is 0 Å². The summed E-state index contributed by atoms with van der Waals surface area (Å²) in [6.45, 7) is 3.00. The molecule has 0 unspecified atom stereocenters. The summed E-state index contributed by atoms with van der Waals surface area (Å²) in [4.78, 5) is 19.3. The van der Waals surface area contributed by atoms with Crippen molar-refractivity contribution in [1.29, 1.82) is 0 Å². The highest BCUT2D eigenvalue weighted by Crippen LogP contribution is 2.32. The first kappa shape index (κ1) is 16.6. The van der Waals surface area contributed by atoms with Gasteiger partial charge < -0.3 is 9.47 Å². The minimum absolute atomic E-state index is 0.0396. The van der Waals surface area contributed by atoms with Gasteiger partial charge in [0.05, 0.1) is 17.8 Å². The summed E-state index contributed by atoms with van der Waals surface area (Å²) in [6, 6.07) is 15.2. The van der Waals surface area contributed by atoms with Gasteiger partial charge in [-0.3, -0.25) is 9.69 Å². The highest BCUT2D eigenvalue weighted by molar-refractivity contribution is 7.14. The Morgan fingerprint density at radius 1 is 1.12 bits per heavy atom. The Labute approximate surface area is 155 Å². The number of nitrogens with zero attached hydrogens (tertiary/aromatic N) is 2. The maximum Gasteiger partial charge on any atom is 0.237 e. The van der Waals surface area contributed by atoms with Crippen LogP contribution in [-0.2, 0) is 11.2 Å². The molecular weight excluding hydrogens is 348 g/mol. The number of aromatic nitrogens is 1. The normalized spacial score (nSPS) is 12.7. The van der Waals surface area contributed by atoms with E-state index in [0.717, 1.165) is 22.7 Å². The number of carbonyl (C=O) groups is 1. The predicted octanol–water partition coefficient (Wildman–Crippen LogP) is 4.13. The summed E-state index contributed by atoms with van der Waals surface area (Å²) in [5.74, 6) is 1.38. The van der Waals surface area contributed by atoms with Gasteiger partial charge in [0.25, 0.3) is 0 Å². The van der Waals surface area contributed by atoms with Gasteiger partial charge in [-0.1, -0.05) is 24.3 Å². The molecule has 6 heteroatoms. The molecule has 0 bridgehead atoms. The molecule has 0 saturated carbocycles. The maximum absolute atomic E-state index is 13.1. The molecule has 5 nitrogen and oxygen atoms in total. The van der Waals surface area contributed by atoms with E-state index in [2.05, 4.69) is 4.98 Å². The number of para-hydroxylation sites is 1. The fraction of sp³-hybridized carbons (Fsp3) is 0.200. The highest BCUT2D eigenvalue weighted by Gasteiger charge is 2.22. The van der Waals surface area contributed by atoms with Crippen molar-refractivity contribution in [2.75, 3.05) is 18.1 Å². The third-order valence-electron chi connectivity index (χ3n) is 4.02. The topological polar surface area (TPSA) is 51.7 Å². The first-order valence-corrected chi connectivity index (χ1v) is 9.27. The molecule has 0 aliphatic carbocycles. The number of ether oxygens (including phenoxy) is 2. The molecule has 0 radical (unpaired) electrons. The number of amides is 1. The fourth-order valence-electron chi connectivity index (χ4n) is 2.83. The summed E-state index contributed by atoms with van der Waals surface area (Å²) >= 11 is 1.46. The Bertz CT molecular complexity index is 924. The van der Waals surface area contributed by atoms with E-state index < -0.39 is 0 Å². The van der Waals surface area contributed by atoms with Crippen molar-refractivity contribution in [3.63, 3.8) is 0 Å².